The maximum Gasteiger partial charge on any atom is 0.409 e. The standard InChI is InChI=1S/C18H27N7O2S.HI/c1-4-27-18(26)25-9-7-24(8-10-25)17(19-12-15-6-5-11-28-15)20-13-16-22-21-14(2)23(16)3;/h5-6,11H,4,7-10,12-13H2,1-3H3,(H,19,20);1H. The minimum absolute atomic E-state index is 0. The van der Waals surface area contributed by atoms with Crippen molar-refractivity contribution in [3.8, 4) is 0 Å². The average molecular weight is 533 g/mol. The van der Waals surface area contributed by atoms with Crippen molar-refractivity contribution in [2.24, 2.45) is 12.0 Å². The molecule has 0 aliphatic carbocycles. The van der Waals surface area contributed by atoms with Crippen molar-refractivity contribution in [1.82, 2.24) is 29.9 Å². The fraction of sp³-hybridized carbons (Fsp3) is 0.556. The number of hydrogen-bond donors (Lipinski definition) is 1. The number of carbonyl (C=O) groups is 1. The highest BCUT2D eigenvalue weighted by Gasteiger charge is 2.24. The van der Waals surface area contributed by atoms with Gasteiger partial charge in [-0.1, -0.05) is 6.07 Å². The summed E-state index contributed by atoms with van der Waals surface area (Å²) >= 11 is 1.71. The molecule has 1 N–H and O–H groups in total. The first-order valence-electron chi connectivity index (χ1n) is 9.40. The van der Waals surface area contributed by atoms with Gasteiger partial charge in [0, 0.05) is 38.1 Å². The van der Waals surface area contributed by atoms with Crippen LogP contribution in [-0.2, 0) is 24.9 Å². The van der Waals surface area contributed by atoms with Gasteiger partial charge < -0.3 is 24.4 Å². The molecule has 2 aromatic rings. The summed E-state index contributed by atoms with van der Waals surface area (Å²) in [4.78, 5) is 21.9. The number of thiophene rings is 1. The largest absolute Gasteiger partial charge is 0.450 e. The average Bonchev–Trinajstić information content (AvgIpc) is 3.33. The Morgan fingerprint density at radius 1 is 1.28 bits per heavy atom. The van der Waals surface area contributed by atoms with Gasteiger partial charge in [-0.3, -0.25) is 0 Å². The van der Waals surface area contributed by atoms with Crippen molar-refractivity contribution in [3.05, 3.63) is 34.0 Å². The molecule has 2 aromatic heterocycles. The second-order valence-electron chi connectivity index (χ2n) is 6.47. The maximum absolute atomic E-state index is 11.9. The molecule has 0 bridgehead atoms. The topological polar surface area (TPSA) is 87.9 Å². The number of amides is 1. The molecular formula is C18H28IN7O2S. The highest BCUT2D eigenvalue weighted by atomic mass is 127. The molecule has 3 rings (SSSR count). The number of aryl methyl sites for hydroxylation is 1. The Morgan fingerprint density at radius 2 is 2.00 bits per heavy atom. The summed E-state index contributed by atoms with van der Waals surface area (Å²) < 4.78 is 7.04. The van der Waals surface area contributed by atoms with E-state index in [-0.39, 0.29) is 30.1 Å². The highest BCUT2D eigenvalue weighted by Crippen LogP contribution is 2.10. The van der Waals surface area contributed by atoms with Crippen molar-refractivity contribution in [3.63, 3.8) is 0 Å². The van der Waals surface area contributed by atoms with Crippen LogP contribution < -0.4 is 5.32 Å². The summed E-state index contributed by atoms with van der Waals surface area (Å²) in [7, 11) is 1.94. The maximum atomic E-state index is 11.9. The van der Waals surface area contributed by atoms with E-state index in [1.54, 1.807) is 16.2 Å². The zero-order chi connectivity index (χ0) is 19.9. The summed E-state index contributed by atoms with van der Waals surface area (Å²) in [6.07, 6.45) is -0.248. The predicted octanol–water partition coefficient (Wildman–Crippen LogP) is 2.22. The highest BCUT2D eigenvalue weighted by molar-refractivity contribution is 14.0. The van der Waals surface area contributed by atoms with Crippen molar-refractivity contribution >= 4 is 47.4 Å². The van der Waals surface area contributed by atoms with Gasteiger partial charge in [-0.15, -0.1) is 45.5 Å². The predicted molar refractivity (Wildman–Crippen MR) is 124 cm³/mol. The molecule has 0 aromatic carbocycles. The molecule has 9 nitrogen and oxygen atoms in total. The Balaban J connectivity index is 0.00000300. The van der Waals surface area contributed by atoms with E-state index in [2.05, 4.69) is 31.9 Å². The monoisotopic (exact) mass is 533 g/mol. The van der Waals surface area contributed by atoms with Gasteiger partial charge in [0.15, 0.2) is 11.8 Å². The molecule has 1 aliphatic heterocycles. The van der Waals surface area contributed by atoms with Gasteiger partial charge in [0.25, 0.3) is 0 Å². The second kappa shape index (κ2) is 11.3. The normalized spacial score (nSPS) is 14.5. The van der Waals surface area contributed by atoms with Crippen LogP contribution in [0.1, 0.15) is 23.4 Å². The van der Waals surface area contributed by atoms with Gasteiger partial charge in [-0.05, 0) is 25.3 Å². The van der Waals surface area contributed by atoms with Crippen LogP contribution in [0.25, 0.3) is 0 Å². The van der Waals surface area contributed by atoms with E-state index >= 15 is 0 Å². The van der Waals surface area contributed by atoms with E-state index in [9.17, 15) is 4.79 Å². The Labute approximate surface area is 192 Å². The minimum Gasteiger partial charge on any atom is -0.450 e. The molecule has 160 valence electrons. The molecule has 0 unspecified atom stereocenters. The summed E-state index contributed by atoms with van der Waals surface area (Å²) in [5.41, 5.74) is 0. The number of hydrogen-bond acceptors (Lipinski definition) is 6. The number of aliphatic imine (C=N–C) groups is 1. The first-order valence-corrected chi connectivity index (χ1v) is 10.3. The number of guanidine groups is 1. The van der Waals surface area contributed by atoms with Crippen molar-refractivity contribution in [2.75, 3.05) is 32.8 Å². The summed E-state index contributed by atoms with van der Waals surface area (Å²) in [6, 6.07) is 4.14. The first-order chi connectivity index (χ1) is 13.6. The number of nitrogens with zero attached hydrogens (tertiary/aromatic N) is 6. The van der Waals surface area contributed by atoms with Crippen LogP contribution in [0.2, 0.25) is 0 Å². The van der Waals surface area contributed by atoms with Gasteiger partial charge in [0.05, 0.1) is 13.2 Å². The summed E-state index contributed by atoms with van der Waals surface area (Å²) in [5, 5.41) is 13.8. The quantitative estimate of drug-likeness (QED) is 0.361. The van der Waals surface area contributed by atoms with Crippen LogP contribution in [0.4, 0.5) is 4.79 Å². The molecule has 1 aliphatic rings. The molecule has 0 spiro atoms. The number of ether oxygens (including phenoxy) is 1. The molecule has 1 fully saturated rings. The number of aromatic nitrogens is 3. The first kappa shape index (κ1) is 23.4. The zero-order valence-corrected chi connectivity index (χ0v) is 20.1. The molecule has 0 saturated carbocycles. The molecule has 1 amide bonds. The molecule has 0 atom stereocenters. The number of piperazine rings is 1. The molecule has 29 heavy (non-hydrogen) atoms. The Bertz CT molecular complexity index is 801. The third-order valence-corrected chi connectivity index (χ3v) is 5.54. The lowest BCUT2D eigenvalue weighted by Crippen LogP contribution is -2.53. The third kappa shape index (κ3) is 6.29. The van der Waals surface area contributed by atoms with E-state index in [1.807, 2.05) is 31.5 Å². The van der Waals surface area contributed by atoms with Crippen LogP contribution in [0, 0.1) is 6.92 Å². The second-order valence-corrected chi connectivity index (χ2v) is 7.50. The molecular weight excluding hydrogens is 505 g/mol. The van der Waals surface area contributed by atoms with Crippen molar-refractivity contribution in [2.45, 2.75) is 26.9 Å². The lowest BCUT2D eigenvalue weighted by Gasteiger charge is -2.36. The minimum atomic E-state index is -0.248. The van der Waals surface area contributed by atoms with Crippen LogP contribution in [0.15, 0.2) is 22.5 Å². The SMILES string of the molecule is CCOC(=O)N1CCN(C(=NCc2nnc(C)n2C)NCc2cccs2)CC1.I. The smallest absolute Gasteiger partial charge is 0.409 e. The number of carbonyl (C=O) groups excluding carboxylic acids is 1. The Morgan fingerprint density at radius 3 is 2.59 bits per heavy atom. The lowest BCUT2D eigenvalue weighted by atomic mass is 10.3. The van der Waals surface area contributed by atoms with Gasteiger partial charge in [-0.25, -0.2) is 9.79 Å². The molecule has 3 heterocycles. The molecule has 0 radical (unpaired) electrons. The van der Waals surface area contributed by atoms with Crippen molar-refractivity contribution < 1.29 is 9.53 Å². The van der Waals surface area contributed by atoms with Gasteiger partial charge in [-0.2, -0.15) is 0 Å². The fourth-order valence-electron chi connectivity index (χ4n) is 2.90. The van der Waals surface area contributed by atoms with Crippen LogP contribution in [0.5, 0.6) is 0 Å². The summed E-state index contributed by atoms with van der Waals surface area (Å²) in [6.45, 7) is 7.93. The van der Waals surface area contributed by atoms with E-state index in [4.69, 9.17) is 9.73 Å². The Hall–Kier alpha value is -1.89. The Kier molecular flexibility index (Phi) is 9.14. The van der Waals surface area contributed by atoms with E-state index in [1.165, 1.54) is 4.88 Å². The number of halogens is 1. The van der Waals surface area contributed by atoms with Gasteiger partial charge >= 0.3 is 6.09 Å². The molecule has 11 heteroatoms. The molecule has 1 saturated heterocycles. The van der Waals surface area contributed by atoms with Gasteiger partial charge in [0.2, 0.25) is 0 Å². The van der Waals surface area contributed by atoms with Crippen LogP contribution in [-0.4, -0.2) is 69.4 Å². The van der Waals surface area contributed by atoms with E-state index in [0.717, 1.165) is 17.6 Å². The fourth-order valence-corrected chi connectivity index (χ4v) is 3.54. The number of rotatable bonds is 5. The summed E-state index contributed by atoms with van der Waals surface area (Å²) in [5.74, 6) is 2.50. The van der Waals surface area contributed by atoms with E-state index in [0.29, 0.717) is 45.9 Å². The third-order valence-electron chi connectivity index (χ3n) is 4.66. The van der Waals surface area contributed by atoms with Crippen LogP contribution in [0.3, 0.4) is 0 Å². The van der Waals surface area contributed by atoms with Gasteiger partial charge in [0.1, 0.15) is 12.4 Å². The van der Waals surface area contributed by atoms with Crippen molar-refractivity contribution in [1.29, 1.82) is 0 Å². The zero-order valence-electron chi connectivity index (χ0n) is 17.0. The van der Waals surface area contributed by atoms with Crippen LogP contribution >= 0.6 is 35.3 Å². The number of nitrogens with one attached hydrogen (secondary N) is 1. The lowest BCUT2D eigenvalue weighted by molar-refractivity contribution is 0.0914. The van der Waals surface area contributed by atoms with E-state index < -0.39 is 0 Å².